The van der Waals surface area contributed by atoms with Gasteiger partial charge in [-0.1, -0.05) is 0 Å². The van der Waals surface area contributed by atoms with E-state index in [-0.39, 0.29) is 11.8 Å². The van der Waals surface area contributed by atoms with Crippen LogP contribution in [0.15, 0.2) is 21.2 Å². The van der Waals surface area contributed by atoms with E-state index >= 15 is 0 Å². The summed E-state index contributed by atoms with van der Waals surface area (Å²) in [4.78, 5) is 14.2. The molecule has 1 aromatic heterocycles. The number of halogens is 1. The Morgan fingerprint density at radius 2 is 2.53 bits per heavy atom. The molecule has 0 bridgehead atoms. The molecule has 1 unspecified atom stereocenters. The van der Waals surface area contributed by atoms with Crippen LogP contribution in [0.5, 0.6) is 0 Å². The largest absolute Gasteiger partial charge is 0.460 e. The molecule has 0 radical (unpaired) electrons. The predicted molar refractivity (Wildman–Crippen MR) is 64.5 cm³/mol. The van der Waals surface area contributed by atoms with E-state index in [1.165, 1.54) is 6.26 Å². The molecule has 0 aromatic carbocycles. The van der Waals surface area contributed by atoms with E-state index in [4.69, 9.17) is 4.42 Å². The zero-order valence-electron chi connectivity index (χ0n) is 8.40. The molecule has 0 spiro atoms. The molecular formula is C10H12BrNO2S. The van der Waals surface area contributed by atoms with Crippen molar-refractivity contribution < 1.29 is 9.21 Å². The monoisotopic (exact) mass is 289 g/mol. The third-order valence-corrected chi connectivity index (χ3v) is 4.19. The van der Waals surface area contributed by atoms with Crippen molar-refractivity contribution in [2.24, 2.45) is 0 Å². The van der Waals surface area contributed by atoms with Crippen molar-refractivity contribution in [2.75, 3.05) is 25.1 Å². The number of likely N-dealkylation sites (N-methyl/N-ethyl adjacent to an activating group) is 1. The maximum atomic E-state index is 12.1. The second-order valence-electron chi connectivity index (χ2n) is 3.53. The van der Waals surface area contributed by atoms with Gasteiger partial charge in [0.15, 0.2) is 5.76 Å². The van der Waals surface area contributed by atoms with Crippen molar-refractivity contribution in [2.45, 2.75) is 6.04 Å². The highest BCUT2D eigenvalue weighted by Gasteiger charge is 2.30. The third kappa shape index (κ3) is 2.29. The van der Waals surface area contributed by atoms with Crippen molar-refractivity contribution in [3.8, 4) is 0 Å². The van der Waals surface area contributed by atoms with Crippen LogP contribution in [0, 0.1) is 0 Å². The Balaban J connectivity index is 2.17. The zero-order chi connectivity index (χ0) is 10.8. The fraction of sp³-hybridized carbons (Fsp3) is 0.500. The number of Topliss-reactive ketones (excluding diaryl/α,β-unsaturated/α-hetero) is 1. The van der Waals surface area contributed by atoms with Crippen LogP contribution in [0.3, 0.4) is 0 Å². The minimum Gasteiger partial charge on any atom is -0.460 e. The molecule has 2 heterocycles. The van der Waals surface area contributed by atoms with Gasteiger partial charge in [0, 0.05) is 18.1 Å². The van der Waals surface area contributed by atoms with Gasteiger partial charge in [-0.2, -0.15) is 11.8 Å². The first-order valence-electron chi connectivity index (χ1n) is 4.75. The molecule has 1 aliphatic heterocycles. The lowest BCUT2D eigenvalue weighted by Gasteiger charge is -2.30. The van der Waals surface area contributed by atoms with Crippen molar-refractivity contribution in [1.29, 1.82) is 0 Å². The van der Waals surface area contributed by atoms with Crippen molar-refractivity contribution in [3.63, 3.8) is 0 Å². The fourth-order valence-corrected chi connectivity index (χ4v) is 3.19. The first-order valence-corrected chi connectivity index (χ1v) is 6.70. The smallest absolute Gasteiger partial charge is 0.217 e. The lowest BCUT2D eigenvalue weighted by Crippen LogP contribution is -2.44. The van der Waals surface area contributed by atoms with Gasteiger partial charge < -0.3 is 4.42 Å². The molecule has 82 valence electrons. The van der Waals surface area contributed by atoms with E-state index < -0.39 is 0 Å². The Bertz CT molecular complexity index is 366. The molecule has 1 aromatic rings. The van der Waals surface area contributed by atoms with Crippen LogP contribution >= 0.6 is 27.7 Å². The molecule has 15 heavy (non-hydrogen) atoms. The van der Waals surface area contributed by atoms with E-state index in [0.29, 0.717) is 5.76 Å². The van der Waals surface area contributed by atoms with Gasteiger partial charge in [0.25, 0.3) is 0 Å². The van der Waals surface area contributed by atoms with Crippen LogP contribution in [-0.2, 0) is 0 Å². The maximum Gasteiger partial charge on any atom is 0.217 e. The minimum absolute atomic E-state index is 0.0498. The van der Waals surface area contributed by atoms with E-state index in [9.17, 15) is 4.79 Å². The summed E-state index contributed by atoms with van der Waals surface area (Å²) in [5.74, 6) is 2.46. The van der Waals surface area contributed by atoms with Gasteiger partial charge in [-0.25, -0.2) is 0 Å². The molecule has 0 saturated carbocycles. The van der Waals surface area contributed by atoms with E-state index in [2.05, 4.69) is 20.8 Å². The predicted octanol–water partition coefficient (Wildman–Crippen LogP) is 2.27. The summed E-state index contributed by atoms with van der Waals surface area (Å²) >= 11 is 5.13. The fourth-order valence-electron chi connectivity index (χ4n) is 1.58. The number of thioether (sulfide) groups is 1. The maximum absolute atomic E-state index is 12.1. The first kappa shape index (κ1) is 11.2. The van der Waals surface area contributed by atoms with Gasteiger partial charge in [0.05, 0.1) is 16.8 Å². The summed E-state index contributed by atoms with van der Waals surface area (Å²) < 4.78 is 5.94. The van der Waals surface area contributed by atoms with Crippen LogP contribution in [0.1, 0.15) is 10.6 Å². The van der Waals surface area contributed by atoms with Crippen LogP contribution in [0.4, 0.5) is 0 Å². The van der Waals surface area contributed by atoms with Crippen molar-refractivity contribution in [3.05, 3.63) is 22.6 Å². The molecule has 1 fully saturated rings. The zero-order valence-corrected chi connectivity index (χ0v) is 10.8. The number of hydrogen-bond acceptors (Lipinski definition) is 4. The molecular weight excluding hydrogens is 278 g/mol. The highest BCUT2D eigenvalue weighted by Crippen LogP contribution is 2.23. The number of rotatable bonds is 2. The molecule has 0 N–H and O–H groups in total. The summed E-state index contributed by atoms with van der Waals surface area (Å²) in [7, 11) is 1.99. The quantitative estimate of drug-likeness (QED) is 0.782. The van der Waals surface area contributed by atoms with Gasteiger partial charge in [-0.3, -0.25) is 9.69 Å². The molecule has 0 amide bonds. The standard InChI is InChI=1S/C10H12BrNO2S/c1-12-3-5-15-6-8(12)9(13)10-7(11)2-4-14-10/h2,4,8H,3,5-6H2,1H3. The number of hydrogen-bond donors (Lipinski definition) is 0. The van der Waals surface area contributed by atoms with Gasteiger partial charge in [0.2, 0.25) is 5.78 Å². The number of carbonyl (C=O) groups is 1. The van der Waals surface area contributed by atoms with E-state index in [1.54, 1.807) is 6.07 Å². The number of furan rings is 1. The van der Waals surface area contributed by atoms with Crippen molar-refractivity contribution >= 4 is 33.5 Å². The van der Waals surface area contributed by atoms with Gasteiger partial charge >= 0.3 is 0 Å². The van der Waals surface area contributed by atoms with E-state index in [0.717, 1.165) is 22.5 Å². The Labute approximate surface area is 101 Å². The highest BCUT2D eigenvalue weighted by molar-refractivity contribution is 9.10. The summed E-state index contributed by atoms with van der Waals surface area (Å²) in [5.41, 5.74) is 0. The van der Waals surface area contributed by atoms with Gasteiger partial charge in [-0.05, 0) is 29.0 Å². The van der Waals surface area contributed by atoms with Crippen LogP contribution in [0.25, 0.3) is 0 Å². The molecule has 0 aliphatic carbocycles. The molecule has 3 nitrogen and oxygen atoms in total. The Hall–Kier alpha value is -0.260. The lowest BCUT2D eigenvalue weighted by atomic mass is 10.1. The Morgan fingerprint density at radius 1 is 1.73 bits per heavy atom. The average molecular weight is 290 g/mol. The number of carbonyl (C=O) groups excluding carboxylic acids is 1. The van der Waals surface area contributed by atoms with Crippen LogP contribution in [0.2, 0.25) is 0 Å². The third-order valence-electron chi connectivity index (χ3n) is 2.54. The van der Waals surface area contributed by atoms with Gasteiger partial charge in [0.1, 0.15) is 0 Å². The topological polar surface area (TPSA) is 33.5 Å². The van der Waals surface area contributed by atoms with E-state index in [1.807, 2.05) is 18.8 Å². The Kier molecular flexibility index (Phi) is 3.53. The second kappa shape index (κ2) is 4.72. The number of nitrogens with zero attached hydrogens (tertiary/aromatic N) is 1. The molecule has 1 atom stereocenters. The number of ketones is 1. The molecule has 1 aliphatic rings. The first-order chi connectivity index (χ1) is 7.20. The van der Waals surface area contributed by atoms with Crippen molar-refractivity contribution in [1.82, 2.24) is 4.90 Å². The summed E-state index contributed by atoms with van der Waals surface area (Å²) in [6.07, 6.45) is 1.54. The second-order valence-corrected chi connectivity index (χ2v) is 5.54. The molecule has 5 heteroatoms. The lowest BCUT2D eigenvalue weighted by molar-refractivity contribution is 0.0844. The molecule has 1 saturated heterocycles. The SMILES string of the molecule is CN1CCSCC1C(=O)c1occc1Br. The average Bonchev–Trinajstić information content (AvgIpc) is 2.64. The Morgan fingerprint density at radius 3 is 3.13 bits per heavy atom. The summed E-state index contributed by atoms with van der Waals surface area (Å²) in [5, 5.41) is 0. The summed E-state index contributed by atoms with van der Waals surface area (Å²) in [6, 6.07) is 1.70. The highest BCUT2D eigenvalue weighted by atomic mass is 79.9. The minimum atomic E-state index is -0.0498. The van der Waals surface area contributed by atoms with Crippen LogP contribution in [-0.4, -0.2) is 41.8 Å². The molecule has 2 rings (SSSR count). The van der Waals surface area contributed by atoms with Crippen LogP contribution < -0.4 is 0 Å². The summed E-state index contributed by atoms with van der Waals surface area (Å²) in [6.45, 7) is 0.958. The van der Waals surface area contributed by atoms with Gasteiger partial charge in [-0.15, -0.1) is 0 Å². The normalized spacial score (nSPS) is 22.9.